The van der Waals surface area contributed by atoms with E-state index in [4.69, 9.17) is 0 Å². The second-order valence-electron chi connectivity index (χ2n) is 6.92. The van der Waals surface area contributed by atoms with Crippen molar-refractivity contribution in [3.8, 4) is 0 Å². The molecule has 1 unspecified atom stereocenters. The summed E-state index contributed by atoms with van der Waals surface area (Å²) in [5.74, 6) is 1.32. The van der Waals surface area contributed by atoms with Crippen molar-refractivity contribution in [1.82, 2.24) is 5.32 Å². The first-order chi connectivity index (χ1) is 7.21. The highest BCUT2D eigenvalue weighted by Crippen LogP contribution is 2.35. The molecule has 0 saturated heterocycles. The maximum atomic E-state index is 10.5. The average Bonchev–Trinajstić information content (AvgIpc) is 2.15. The number of β-amino-alcohol motifs (C(OH)–C–C–N with tert-alkyl or cyclic N) is 1. The van der Waals surface area contributed by atoms with Gasteiger partial charge in [0.25, 0.3) is 0 Å². The Morgan fingerprint density at radius 2 is 1.56 bits per heavy atom. The molecular weight excluding hydrogens is 198 g/mol. The molecule has 2 heteroatoms. The molecule has 0 aromatic carbocycles. The molecule has 16 heavy (non-hydrogen) atoms. The standard InChI is InChI=1S/C14H29NO/c1-11-6-8-12(9-7-11)14(5,16)10-15-13(2,3)4/h11-12,15-16H,6-10H2,1-5H3. The fourth-order valence-electron chi connectivity index (χ4n) is 2.47. The summed E-state index contributed by atoms with van der Waals surface area (Å²) in [7, 11) is 0. The van der Waals surface area contributed by atoms with Crippen LogP contribution < -0.4 is 5.32 Å². The van der Waals surface area contributed by atoms with Crippen molar-refractivity contribution in [2.75, 3.05) is 6.54 Å². The third-order valence-corrected chi connectivity index (χ3v) is 3.87. The van der Waals surface area contributed by atoms with E-state index in [0.29, 0.717) is 12.5 Å². The first-order valence-electron chi connectivity index (χ1n) is 6.68. The molecule has 0 aromatic rings. The van der Waals surface area contributed by atoms with Crippen molar-refractivity contribution in [3.05, 3.63) is 0 Å². The van der Waals surface area contributed by atoms with E-state index in [-0.39, 0.29) is 5.54 Å². The van der Waals surface area contributed by atoms with Crippen molar-refractivity contribution in [2.45, 2.75) is 71.4 Å². The van der Waals surface area contributed by atoms with E-state index in [0.717, 1.165) is 5.92 Å². The van der Waals surface area contributed by atoms with Crippen LogP contribution in [0.3, 0.4) is 0 Å². The Labute approximate surface area is 101 Å². The maximum Gasteiger partial charge on any atom is 0.0771 e. The quantitative estimate of drug-likeness (QED) is 0.777. The van der Waals surface area contributed by atoms with Crippen LogP contribution in [0, 0.1) is 11.8 Å². The lowest BCUT2D eigenvalue weighted by atomic mass is 9.74. The van der Waals surface area contributed by atoms with Gasteiger partial charge < -0.3 is 10.4 Å². The van der Waals surface area contributed by atoms with Gasteiger partial charge in [-0.2, -0.15) is 0 Å². The monoisotopic (exact) mass is 227 g/mol. The van der Waals surface area contributed by atoms with Crippen LogP contribution >= 0.6 is 0 Å². The zero-order valence-corrected chi connectivity index (χ0v) is 11.6. The number of rotatable bonds is 3. The SMILES string of the molecule is CC1CCC(C(C)(O)CNC(C)(C)C)CC1. The Balaban J connectivity index is 2.44. The molecule has 0 bridgehead atoms. The van der Waals surface area contributed by atoms with Crippen LogP contribution in [0.2, 0.25) is 0 Å². The second-order valence-corrected chi connectivity index (χ2v) is 6.92. The minimum Gasteiger partial charge on any atom is -0.389 e. The van der Waals surface area contributed by atoms with Gasteiger partial charge in [-0.1, -0.05) is 19.8 Å². The molecule has 96 valence electrons. The Kier molecular flexibility index (Phi) is 4.42. The molecule has 0 heterocycles. The van der Waals surface area contributed by atoms with E-state index < -0.39 is 5.60 Å². The van der Waals surface area contributed by atoms with Crippen molar-refractivity contribution in [2.24, 2.45) is 11.8 Å². The predicted molar refractivity (Wildman–Crippen MR) is 69.5 cm³/mol. The molecule has 1 aliphatic rings. The highest BCUT2D eigenvalue weighted by molar-refractivity contribution is 4.89. The maximum absolute atomic E-state index is 10.5. The summed E-state index contributed by atoms with van der Waals surface area (Å²) in [4.78, 5) is 0. The third kappa shape index (κ3) is 4.42. The number of hydrogen-bond donors (Lipinski definition) is 2. The molecule has 1 fully saturated rings. The van der Waals surface area contributed by atoms with Gasteiger partial charge in [-0.3, -0.25) is 0 Å². The van der Waals surface area contributed by atoms with Crippen LogP contribution in [0.5, 0.6) is 0 Å². The van der Waals surface area contributed by atoms with Gasteiger partial charge in [-0.05, 0) is 52.4 Å². The van der Waals surface area contributed by atoms with Crippen LogP contribution in [0.15, 0.2) is 0 Å². The lowest BCUT2D eigenvalue weighted by Crippen LogP contribution is -2.50. The van der Waals surface area contributed by atoms with Gasteiger partial charge >= 0.3 is 0 Å². The number of aliphatic hydroxyl groups is 1. The zero-order valence-electron chi connectivity index (χ0n) is 11.6. The lowest BCUT2D eigenvalue weighted by molar-refractivity contribution is -0.0240. The van der Waals surface area contributed by atoms with E-state index in [1.54, 1.807) is 0 Å². The van der Waals surface area contributed by atoms with Crippen molar-refractivity contribution in [1.29, 1.82) is 0 Å². The summed E-state index contributed by atoms with van der Waals surface area (Å²) in [6.45, 7) is 11.4. The Morgan fingerprint density at radius 3 is 2.00 bits per heavy atom. The van der Waals surface area contributed by atoms with Crippen LogP contribution in [-0.2, 0) is 0 Å². The Hall–Kier alpha value is -0.0800. The smallest absolute Gasteiger partial charge is 0.0771 e. The largest absolute Gasteiger partial charge is 0.389 e. The van der Waals surface area contributed by atoms with Crippen LogP contribution in [-0.4, -0.2) is 22.8 Å². The predicted octanol–water partition coefficient (Wildman–Crippen LogP) is 2.95. The van der Waals surface area contributed by atoms with Crippen LogP contribution in [0.25, 0.3) is 0 Å². The van der Waals surface area contributed by atoms with Gasteiger partial charge in [0.2, 0.25) is 0 Å². The van der Waals surface area contributed by atoms with E-state index in [9.17, 15) is 5.11 Å². The third-order valence-electron chi connectivity index (χ3n) is 3.87. The molecule has 2 N–H and O–H groups in total. The molecule has 0 aliphatic heterocycles. The molecule has 0 amide bonds. The molecular formula is C14H29NO. The Bertz CT molecular complexity index is 209. The molecule has 1 saturated carbocycles. The van der Waals surface area contributed by atoms with Crippen molar-refractivity contribution < 1.29 is 5.11 Å². The van der Waals surface area contributed by atoms with Crippen molar-refractivity contribution in [3.63, 3.8) is 0 Å². The van der Waals surface area contributed by atoms with Crippen molar-refractivity contribution >= 4 is 0 Å². The first-order valence-corrected chi connectivity index (χ1v) is 6.68. The molecule has 1 atom stereocenters. The average molecular weight is 227 g/mol. The van der Waals surface area contributed by atoms with Crippen LogP contribution in [0.1, 0.15) is 60.3 Å². The topological polar surface area (TPSA) is 32.3 Å². The molecule has 0 spiro atoms. The minimum absolute atomic E-state index is 0.0892. The highest BCUT2D eigenvalue weighted by atomic mass is 16.3. The highest BCUT2D eigenvalue weighted by Gasteiger charge is 2.34. The van der Waals surface area contributed by atoms with Gasteiger partial charge in [0.15, 0.2) is 0 Å². The fourth-order valence-corrected chi connectivity index (χ4v) is 2.47. The van der Waals surface area contributed by atoms with Gasteiger partial charge in [0.1, 0.15) is 0 Å². The van der Waals surface area contributed by atoms with Gasteiger partial charge in [0, 0.05) is 12.1 Å². The number of nitrogens with one attached hydrogen (secondary N) is 1. The van der Waals surface area contributed by atoms with Gasteiger partial charge in [-0.15, -0.1) is 0 Å². The Morgan fingerprint density at radius 1 is 1.06 bits per heavy atom. The van der Waals surface area contributed by atoms with E-state index in [1.165, 1.54) is 25.7 Å². The molecule has 1 rings (SSSR count). The zero-order chi connectivity index (χ0) is 12.4. The van der Waals surface area contributed by atoms with Gasteiger partial charge in [-0.25, -0.2) is 0 Å². The summed E-state index contributed by atoms with van der Waals surface area (Å²) in [6, 6.07) is 0. The minimum atomic E-state index is -0.548. The van der Waals surface area contributed by atoms with E-state index in [1.807, 2.05) is 6.92 Å². The number of hydrogen-bond acceptors (Lipinski definition) is 2. The molecule has 0 aromatic heterocycles. The van der Waals surface area contributed by atoms with Gasteiger partial charge in [0.05, 0.1) is 5.60 Å². The summed E-state index contributed by atoms with van der Waals surface area (Å²) < 4.78 is 0. The first kappa shape index (κ1) is 14.0. The summed E-state index contributed by atoms with van der Waals surface area (Å²) in [5, 5.41) is 13.9. The fraction of sp³-hybridized carbons (Fsp3) is 1.00. The van der Waals surface area contributed by atoms with E-state index >= 15 is 0 Å². The molecule has 0 radical (unpaired) electrons. The normalized spacial score (nSPS) is 31.1. The summed E-state index contributed by atoms with van der Waals surface area (Å²) in [5.41, 5.74) is -0.459. The lowest BCUT2D eigenvalue weighted by Gasteiger charge is -2.39. The molecule has 1 aliphatic carbocycles. The summed E-state index contributed by atoms with van der Waals surface area (Å²) in [6.07, 6.45) is 4.91. The summed E-state index contributed by atoms with van der Waals surface area (Å²) >= 11 is 0. The molecule has 2 nitrogen and oxygen atoms in total. The van der Waals surface area contributed by atoms with E-state index in [2.05, 4.69) is 33.0 Å². The second kappa shape index (κ2) is 5.05. The van der Waals surface area contributed by atoms with Crippen LogP contribution in [0.4, 0.5) is 0 Å².